The van der Waals surface area contributed by atoms with Crippen LogP contribution in [0, 0.1) is 0 Å². The van der Waals surface area contributed by atoms with Crippen LogP contribution in [-0.4, -0.2) is 76.9 Å². The average Bonchev–Trinajstić information content (AvgIpc) is 2.56. The lowest BCUT2D eigenvalue weighted by molar-refractivity contribution is -0.259. The molecule has 0 aliphatic carbocycles. The number of hydrogen-bond acceptors (Lipinski definition) is 7. The van der Waals surface area contributed by atoms with E-state index < -0.39 is 48.4 Å². The molecular weight excluding hydrogens is 348 g/mol. The number of carbonyl (C=O) groups is 3. The van der Waals surface area contributed by atoms with Gasteiger partial charge in [0.2, 0.25) is 11.8 Å². The first-order chi connectivity index (χ1) is 12.3. The van der Waals surface area contributed by atoms with Crippen LogP contribution in [0.3, 0.4) is 0 Å². The maximum atomic E-state index is 11.7. The predicted molar refractivity (Wildman–Crippen MR) is 88.9 cm³/mol. The Morgan fingerprint density at radius 2 is 1.92 bits per heavy atom. The summed E-state index contributed by atoms with van der Waals surface area (Å²) in [6.45, 7) is 4.75. The maximum Gasteiger partial charge on any atom is 0.303 e. The molecule has 1 fully saturated rings. The standard InChI is InChI=1S/C16H26N2O8/c1-3-7-25-16-13(18-9(2)19)15(24)14(23)10(26-16)8-17-11(20)5-4-6-12(21)22/h3,10,13-16,23-24H,1,4-8H2,2H3,(H,17,20)(H,18,19)(H,21,22). The molecule has 0 bridgehead atoms. The molecule has 1 rings (SSSR count). The number of ether oxygens (including phenoxy) is 2. The number of amides is 2. The van der Waals surface area contributed by atoms with Crippen molar-refractivity contribution in [1.29, 1.82) is 0 Å². The quantitative estimate of drug-likeness (QED) is 0.290. The van der Waals surface area contributed by atoms with Crippen LogP contribution in [0.25, 0.3) is 0 Å². The minimum Gasteiger partial charge on any atom is -0.481 e. The maximum absolute atomic E-state index is 11.7. The molecule has 148 valence electrons. The Hall–Kier alpha value is -2.01. The fraction of sp³-hybridized carbons (Fsp3) is 0.688. The molecule has 0 radical (unpaired) electrons. The van der Waals surface area contributed by atoms with Crippen molar-refractivity contribution < 1.29 is 39.2 Å². The summed E-state index contributed by atoms with van der Waals surface area (Å²) < 4.78 is 11.0. The molecule has 1 saturated heterocycles. The fourth-order valence-corrected chi connectivity index (χ4v) is 2.50. The predicted octanol–water partition coefficient (Wildman–Crippen LogP) is -1.49. The molecule has 1 aliphatic rings. The van der Waals surface area contributed by atoms with Gasteiger partial charge in [0, 0.05) is 26.3 Å². The lowest BCUT2D eigenvalue weighted by Gasteiger charge is -2.42. The van der Waals surface area contributed by atoms with Crippen molar-refractivity contribution in [2.24, 2.45) is 0 Å². The summed E-state index contributed by atoms with van der Waals surface area (Å²) >= 11 is 0. The van der Waals surface area contributed by atoms with E-state index in [0.29, 0.717) is 0 Å². The molecule has 5 unspecified atom stereocenters. The van der Waals surface area contributed by atoms with Gasteiger partial charge in [-0.05, 0) is 6.42 Å². The van der Waals surface area contributed by atoms with Gasteiger partial charge in [-0.25, -0.2) is 0 Å². The van der Waals surface area contributed by atoms with Crippen molar-refractivity contribution in [3.05, 3.63) is 12.7 Å². The minimum atomic E-state index is -1.37. The number of nitrogens with one attached hydrogen (secondary N) is 2. The summed E-state index contributed by atoms with van der Waals surface area (Å²) in [4.78, 5) is 33.4. The van der Waals surface area contributed by atoms with Gasteiger partial charge in [-0.15, -0.1) is 6.58 Å². The van der Waals surface area contributed by atoms with Crippen LogP contribution in [0.5, 0.6) is 0 Å². The first-order valence-corrected chi connectivity index (χ1v) is 8.26. The highest BCUT2D eigenvalue weighted by Gasteiger charge is 2.45. The SMILES string of the molecule is C=CCOC1OC(CNC(=O)CCCC(=O)O)C(O)C(O)C1NC(C)=O. The Morgan fingerprint density at radius 1 is 1.23 bits per heavy atom. The monoisotopic (exact) mass is 374 g/mol. The molecule has 0 saturated carbocycles. The summed E-state index contributed by atoms with van der Waals surface area (Å²) in [5, 5.41) is 34.0. The normalized spacial score (nSPS) is 28.2. The molecule has 0 aromatic carbocycles. The number of carboxylic acid groups (broad SMARTS) is 1. The van der Waals surface area contributed by atoms with E-state index in [1.165, 1.54) is 13.0 Å². The molecule has 1 heterocycles. The second-order valence-corrected chi connectivity index (χ2v) is 5.92. The summed E-state index contributed by atoms with van der Waals surface area (Å²) in [7, 11) is 0. The number of aliphatic hydroxyl groups is 2. The number of rotatable bonds is 10. The van der Waals surface area contributed by atoms with Gasteiger partial charge in [0.15, 0.2) is 6.29 Å². The van der Waals surface area contributed by atoms with Gasteiger partial charge in [0.1, 0.15) is 24.4 Å². The Kier molecular flexibility index (Phi) is 9.21. The van der Waals surface area contributed by atoms with E-state index in [-0.39, 0.29) is 32.4 Å². The van der Waals surface area contributed by atoms with E-state index >= 15 is 0 Å². The van der Waals surface area contributed by atoms with E-state index in [0.717, 1.165) is 0 Å². The van der Waals surface area contributed by atoms with Crippen LogP contribution in [0.4, 0.5) is 0 Å². The van der Waals surface area contributed by atoms with E-state index in [1.54, 1.807) is 0 Å². The van der Waals surface area contributed by atoms with Crippen LogP contribution >= 0.6 is 0 Å². The molecule has 1 aliphatic heterocycles. The summed E-state index contributed by atoms with van der Waals surface area (Å²) in [5.41, 5.74) is 0. The van der Waals surface area contributed by atoms with E-state index in [1.807, 2.05) is 0 Å². The van der Waals surface area contributed by atoms with Gasteiger partial charge < -0.3 is 35.4 Å². The molecule has 10 heteroatoms. The smallest absolute Gasteiger partial charge is 0.303 e. The van der Waals surface area contributed by atoms with Crippen LogP contribution < -0.4 is 10.6 Å². The summed E-state index contributed by atoms with van der Waals surface area (Å²) in [6.07, 6.45) is -3.19. The minimum absolute atomic E-state index is 0.0164. The Morgan fingerprint density at radius 3 is 2.50 bits per heavy atom. The summed E-state index contributed by atoms with van der Waals surface area (Å²) in [5.74, 6) is -1.82. The van der Waals surface area contributed by atoms with Gasteiger partial charge in [0.05, 0.1) is 6.61 Å². The highest BCUT2D eigenvalue weighted by atomic mass is 16.7. The fourth-order valence-electron chi connectivity index (χ4n) is 2.50. The van der Waals surface area contributed by atoms with Crippen molar-refractivity contribution >= 4 is 17.8 Å². The average molecular weight is 374 g/mol. The Labute approximate surface area is 151 Å². The lowest BCUT2D eigenvalue weighted by Crippen LogP contribution is -2.65. The number of aliphatic hydroxyl groups excluding tert-OH is 2. The van der Waals surface area contributed by atoms with Crippen molar-refractivity contribution in [2.75, 3.05) is 13.2 Å². The number of aliphatic carboxylic acids is 1. The van der Waals surface area contributed by atoms with Crippen LogP contribution in [0.2, 0.25) is 0 Å². The Balaban J connectivity index is 2.62. The first-order valence-electron chi connectivity index (χ1n) is 8.26. The molecule has 0 aromatic rings. The zero-order valence-electron chi connectivity index (χ0n) is 14.6. The molecule has 10 nitrogen and oxygen atoms in total. The van der Waals surface area contributed by atoms with Crippen LogP contribution in [0.1, 0.15) is 26.2 Å². The molecule has 0 aromatic heterocycles. The summed E-state index contributed by atoms with van der Waals surface area (Å²) in [6, 6.07) is -0.982. The lowest BCUT2D eigenvalue weighted by atomic mass is 9.96. The third-order valence-electron chi connectivity index (χ3n) is 3.74. The second kappa shape index (κ2) is 10.9. The van der Waals surface area contributed by atoms with E-state index in [2.05, 4.69) is 17.2 Å². The van der Waals surface area contributed by atoms with Crippen molar-refractivity contribution in [3.8, 4) is 0 Å². The number of hydrogen-bond donors (Lipinski definition) is 5. The zero-order chi connectivity index (χ0) is 19.7. The second-order valence-electron chi connectivity index (χ2n) is 5.92. The molecule has 5 N–H and O–H groups in total. The van der Waals surface area contributed by atoms with E-state index in [4.69, 9.17) is 14.6 Å². The van der Waals surface area contributed by atoms with Crippen molar-refractivity contribution in [3.63, 3.8) is 0 Å². The molecule has 26 heavy (non-hydrogen) atoms. The van der Waals surface area contributed by atoms with Gasteiger partial charge in [0.25, 0.3) is 0 Å². The largest absolute Gasteiger partial charge is 0.481 e. The third kappa shape index (κ3) is 7.08. The zero-order valence-corrected chi connectivity index (χ0v) is 14.6. The Bertz CT molecular complexity index is 512. The van der Waals surface area contributed by atoms with E-state index in [9.17, 15) is 24.6 Å². The molecule has 5 atom stereocenters. The van der Waals surface area contributed by atoms with Crippen molar-refractivity contribution in [1.82, 2.24) is 10.6 Å². The number of carboxylic acids is 1. The van der Waals surface area contributed by atoms with Crippen LogP contribution in [-0.2, 0) is 23.9 Å². The molecular formula is C16H26N2O8. The van der Waals surface area contributed by atoms with Crippen molar-refractivity contribution in [2.45, 2.75) is 56.8 Å². The molecule has 0 spiro atoms. The number of carbonyl (C=O) groups excluding carboxylic acids is 2. The van der Waals surface area contributed by atoms with Gasteiger partial charge in [-0.1, -0.05) is 6.08 Å². The topological polar surface area (TPSA) is 154 Å². The third-order valence-corrected chi connectivity index (χ3v) is 3.74. The highest BCUT2D eigenvalue weighted by molar-refractivity contribution is 5.76. The van der Waals surface area contributed by atoms with Crippen LogP contribution in [0.15, 0.2) is 12.7 Å². The van der Waals surface area contributed by atoms with Gasteiger partial charge >= 0.3 is 5.97 Å². The molecule has 2 amide bonds. The van der Waals surface area contributed by atoms with Gasteiger partial charge in [-0.3, -0.25) is 14.4 Å². The first kappa shape index (κ1) is 22.0. The highest BCUT2D eigenvalue weighted by Crippen LogP contribution is 2.22. The van der Waals surface area contributed by atoms with Gasteiger partial charge in [-0.2, -0.15) is 0 Å².